The van der Waals surface area contributed by atoms with Crippen LogP contribution >= 0.6 is 0 Å². The molecule has 0 saturated carbocycles. The molecule has 72 valence electrons. The Balaban J connectivity index is 0.000000150. The van der Waals surface area contributed by atoms with E-state index in [1.807, 2.05) is 0 Å². The van der Waals surface area contributed by atoms with Gasteiger partial charge in [0.25, 0.3) is 0 Å². The lowest BCUT2D eigenvalue weighted by Gasteiger charge is -2.27. The first kappa shape index (κ1) is 10.2. The summed E-state index contributed by atoms with van der Waals surface area (Å²) < 4.78 is 10.3. The minimum Gasteiger partial charge on any atom is -0.417 e. The van der Waals surface area contributed by atoms with Gasteiger partial charge in [-0.2, -0.15) is 0 Å². The van der Waals surface area contributed by atoms with E-state index in [-0.39, 0.29) is 0 Å². The van der Waals surface area contributed by atoms with E-state index in [4.69, 9.17) is 9.16 Å². The predicted octanol–water partition coefficient (Wildman–Crippen LogP) is 2.41. The molecule has 2 saturated heterocycles. The highest BCUT2D eigenvalue weighted by Crippen LogP contribution is 2.20. The first-order chi connectivity index (χ1) is 5.60. The van der Waals surface area contributed by atoms with E-state index >= 15 is 0 Å². The fraction of sp³-hybridized carbons (Fsp3) is 1.00. The summed E-state index contributed by atoms with van der Waals surface area (Å²) >= 11 is 0. The minimum absolute atomic E-state index is 0.583. The molecule has 0 aromatic rings. The lowest BCUT2D eigenvalue weighted by atomic mass is 10.4. The zero-order valence-corrected chi connectivity index (χ0v) is 9.43. The lowest BCUT2D eigenvalue weighted by Crippen LogP contribution is -2.33. The van der Waals surface area contributed by atoms with E-state index in [0.717, 1.165) is 13.2 Å². The van der Waals surface area contributed by atoms with Crippen molar-refractivity contribution in [3.63, 3.8) is 0 Å². The number of hydrogen-bond acceptors (Lipinski definition) is 2. The zero-order chi connectivity index (χ0) is 9.03. The summed E-state index contributed by atoms with van der Waals surface area (Å²) in [6, 6.07) is 1.37. The molecule has 1 atom stereocenters. The van der Waals surface area contributed by atoms with Crippen molar-refractivity contribution in [2.24, 2.45) is 0 Å². The summed E-state index contributed by atoms with van der Waals surface area (Å²) in [6.07, 6.45) is 3.27. The molecular formula is C9H20O2Si. The average Bonchev–Trinajstić information content (AvgIpc) is 2.72. The molecule has 0 N–H and O–H groups in total. The van der Waals surface area contributed by atoms with Crippen LogP contribution in [-0.4, -0.2) is 27.6 Å². The van der Waals surface area contributed by atoms with Crippen molar-refractivity contribution in [1.82, 2.24) is 0 Å². The fourth-order valence-corrected chi connectivity index (χ4v) is 3.11. The van der Waals surface area contributed by atoms with Gasteiger partial charge in [-0.1, -0.05) is 6.42 Å². The molecule has 0 radical (unpaired) electrons. The van der Waals surface area contributed by atoms with Crippen LogP contribution in [0.2, 0.25) is 19.1 Å². The first-order valence-electron chi connectivity index (χ1n) is 4.86. The van der Waals surface area contributed by atoms with Gasteiger partial charge in [-0.25, -0.2) is 0 Å². The monoisotopic (exact) mass is 188 g/mol. The second kappa shape index (κ2) is 4.39. The average molecular weight is 188 g/mol. The van der Waals surface area contributed by atoms with Gasteiger partial charge in [-0.15, -0.1) is 0 Å². The summed E-state index contributed by atoms with van der Waals surface area (Å²) in [5.74, 6) is 0. The van der Waals surface area contributed by atoms with Crippen LogP contribution in [0.1, 0.15) is 19.8 Å². The molecule has 0 bridgehead atoms. The SMILES string of the molecule is CC1CO1.C[Si]1(C)CCCCO1. The Labute approximate surface area is 76.4 Å². The highest BCUT2D eigenvalue weighted by atomic mass is 28.4. The lowest BCUT2D eigenvalue weighted by molar-refractivity contribution is 0.275. The Hall–Kier alpha value is 0.137. The Kier molecular flexibility index (Phi) is 3.74. The first-order valence-corrected chi connectivity index (χ1v) is 7.97. The highest BCUT2D eigenvalue weighted by Gasteiger charge is 2.24. The summed E-state index contributed by atoms with van der Waals surface area (Å²) in [5.41, 5.74) is 0. The van der Waals surface area contributed by atoms with E-state index in [1.54, 1.807) is 0 Å². The molecule has 0 aromatic carbocycles. The molecule has 12 heavy (non-hydrogen) atoms. The van der Waals surface area contributed by atoms with Crippen LogP contribution in [0.25, 0.3) is 0 Å². The van der Waals surface area contributed by atoms with Gasteiger partial charge < -0.3 is 9.16 Å². The van der Waals surface area contributed by atoms with E-state index in [9.17, 15) is 0 Å². The number of ether oxygens (including phenoxy) is 1. The van der Waals surface area contributed by atoms with Crippen LogP contribution in [0.15, 0.2) is 0 Å². The number of rotatable bonds is 0. The Morgan fingerprint density at radius 1 is 1.25 bits per heavy atom. The standard InChI is InChI=1S/C6H14OSi.C3H6O/c1-8(2)6-4-3-5-7-8;1-3-2-4-3/h3-6H2,1-2H3;3H,2H2,1H3. The molecule has 2 aliphatic heterocycles. The van der Waals surface area contributed by atoms with Crippen LogP contribution in [-0.2, 0) is 9.16 Å². The van der Waals surface area contributed by atoms with Crippen molar-refractivity contribution in [2.75, 3.05) is 13.2 Å². The van der Waals surface area contributed by atoms with Crippen molar-refractivity contribution in [2.45, 2.75) is 45.0 Å². The number of epoxide rings is 1. The third kappa shape index (κ3) is 4.90. The molecule has 0 aliphatic carbocycles. The van der Waals surface area contributed by atoms with Crippen LogP contribution in [0.4, 0.5) is 0 Å². The molecule has 2 rings (SSSR count). The summed E-state index contributed by atoms with van der Waals surface area (Å²) in [5, 5.41) is 0. The third-order valence-electron chi connectivity index (χ3n) is 2.17. The van der Waals surface area contributed by atoms with Gasteiger partial charge >= 0.3 is 0 Å². The molecular weight excluding hydrogens is 168 g/mol. The summed E-state index contributed by atoms with van der Waals surface area (Å²) in [6.45, 7) is 8.66. The third-order valence-corrected chi connectivity index (χ3v) is 4.71. The largest absolute Gasteiger partial charge is 0.417 e. The van der Waals surface area contributed by atoms with Crippen molar-refractivity contribution >= 4 is 8.32 Å². The zero-order valence-electron chi connectivity index (χ0n) is 8.43. The van der Waals surface area contributed by atoms with Crippen molar-refractivity contribution in [3.05, 3.63) is 0 Å². The van der Waals surface area contributed by atoms with Crippen LogP contribution in [0, 0.1) is 0 Å². The molecule has 0 spiro atoms. The van der Waals surface area contributed by atoms with Crippen molar-refractivity contribution in [3.8, 4) is 0 Å². The molecule has 1 unspecified atom stereocenters. The van der Waals surface area contributed by atoms with Gasteiger partial charge in [-0.3, -0.25) is 0 Å². The van der Waals surface area contributed by atoms with Crippen LogP contribution < -0.4 is 0 Å². The smallest absolute Gasteiger partial charge is 0.186 e. The quantitative estimate of drug-likeness (QED) is 0.430. The fourth-order valence-electron chi connectivity index (χ4n) is 1.17. The Morgan fingerprint density at radius 2 is 1.83 bits per heavy atom. The van der Waals surface area contributed by atoms with E-state index in [0.29, 0.717) is 6.10 Å². The molecule has 2 nitrogen and oxygen atoms in total. The van der Waals surface area contributed by atoms with Crippen LogP contribution in [0.5, 0.6) is 0 Å². The summed E-state index contributed by atoms with van der Waals surface area (Å²) in [4.78, 5) is 0. The maximum Gasteiger partial charge on any atom is 0.186 e. The maximum atomic E-state index is 5.60. The van der Waals surface area contributed by atoms with E-state index in [1.165, 1.54) is 18.9 Å². The second-order valence-corrected chi connectivity index (χ2v) is 8.52. The Morgan fingerprint density at radius 3 is 2.00 bits per heavy atom. The van der Waals surface area contributed by atoms with Crippen LogP contribution in [0.3, 0.4) is 0 Å². The molecule has 2 heterocycles. The molecule has 0 amide bonds. The molecule has 2 aliphatic rings. The molecule has 3 heteroatoms. The number of hydrogen-bond donors (Lipinski definition) is 0. The Bertz CT molecular complexity index is 124. The van der Waals surface area contributed by atoms with Gasteiger partial charge in [0.15, 0.2) is 8.32 Å². The van der Waals surface area contributed by atoms with E-state index < -0.39 is 8.32 Å². The topological polar surface area (TPSA) is 21.8 Å². The minimum atomic E-state index is -1.09. The summed E-state index contributed by atoms with van der Waals surface area (Å²) in [7, 11) is -1.09. The van der Waals surface area contributed by atoms with Gasteiger partial charge in [0.2, 0.25) is 0 Å². The van der Waals surface area contributed by atoms with Crippen molar-refractivity contribution < 1.29 is 9.16 Å². The molecule has 2 fully saturated rings. The maximum absolute atomic E-state index is 5.60. The van der Waals surface area contributed by atoms with Gasteiger partial charge in [0, 0.05) is 6.61 Å². The van der Waals surface area contributed by atoms with Crippen molar-refractivity contribution in [1.29, 1.82) is 0 Å². The van der Waals surface area contributed by atoms with Gasteiger partial charge in [0.05, 0.1) is 12.7 Å². The predicted molar refractivity (Wildman–Crippen MR) is 52.9 cm³/mol. The van der Waals surface area contributed by atoms with E-state index in [2.05, 4.69) is 20.0 Å². The highest BCUT2D eigenvalue weighted by molar-refractivity contribution is 6.71. The van der Waals surface area contributed by atoms with Gasteiger partial charge in [0.1, 0.15) is 0 Å². The van der Waals surface area contributed by atoms with Gasteiger partial charge in [-0.05, 0) is 32.5 Å². The second-order valence-electron chi connectivity index (χ2n) is 4.21. The molecule has 0 aromatic heterocycles. The normalized spacial score (nSPS) is 31.8.